The molecular formula is C14H24N2O. The number of hydrogen-bond donors (Lipinski definition) is 2. The molecule has 0 amide bonds. The van der Waals surface area contributed by atoms with Crippen molar-refractivity contribution < 1.29 is 5.11 Å². The first-order valence-corrected chi connectivity index (χ1v) is 6.14. The molecule has 0 saturated heterocycles. The number of likely N-dealkylation sites (N-methyl/N-ethyl adjacent to an activating group) is 1. The highest BCUT2D eigenvalue weighted by molar-refractivity contribution is 5.23. The Kier molecular flexibility index (Phi) is 5.12. The smallest absolute Gasteiger partial charge is 0.114 e. The molecule has 0 heterocycles. The third-order valence-electron chi connectivity index (χ3n) is 2.86. The minimum atomic E-state index is -0.953. The molecule has 0 saturated carbocycles. The molecule has 3 nitrogen and oxygen atoms in total. The average Bonchev–Trinajstić information content (AvgIpc) is 2.29. The van der Waals surface area contributed by atoms with Gasteiger partial charge in [0.15, 0.2) is 0 Å². The average molecular weight is 236 g/mol. The van der Waals surface area contributed by atoms with Crippen LogP contribution in [0.5, 0.6) is 0 Å². The van der Waals surface area contributed by atoms with Crippen molar-refractivity contribution in [2.24, 2.45) is 11.7 Å². The summed E-state index contributed by atoms with van der Waals surface area (Å²) in [5.41, 5.74) is 5.68. The van der Waals surface area contributed by atoms with Crippen molar-refractivity contribution >= 4 is 0 Å². The van der Waals surface area contributed by atoms with Gasteiger partial charge >= 0.3 is 0 Å². The highest BCUT2D eigenvalue weighted by atomic mass is 16.3. The maximum Gasteiger partial charge on any atom is 0.114 e. The van der Waals surface area contributed by atoms with Crippen LogP contribution in [0.15, 0.2) is 30.3 Å². The molecule has 3 heteroatoms. The summed E-state index contributed by atoms with van der Waals surface area (Å²) in [6.07, 6.45) is 0. The van der Waals surface area contributed by atoms with Crippen molar-refractivity contribution in [2.75, 3.05) is 26.7 Å². The number of rotatable bonds is 6. The quantitative estimate of drug-likeness (QED) is 0.785. The Morgan fingerprint density at radius 3 is 2.35 bits per heavy atom. The highest BCUT2D eigenvalue weighted by Gasteiger charge is 2.29. The normalized spacial score (nSPS) is 15.2. The lowest BCUT2D eigenvalue weighted by atomic mass is 9.93. The lowest BCUT2D eigenvalue weighted by Gasteiger charge is -2.32. The number of nitrogens with zero attached hydrogens (tertiary/aromatic N) is 1. The maximum absolute atomic E-state index is 10.6. The molecule has 0 aromatic heterocycles. The molecule has 1 aromatic rings. The zero-order valence-corrected chi connectivity index (χ0v) is 11.1. The van der Waals surface area contributed by atoms with Crippen LogP contribution in [0.2, 0.25) is 0 Å². The summed E-state index contributed by atoms with van der Waals surface area (Å²) in [5, 5.41) is 10.6. The van der Waals surface area contributed by atoms with E-state index < -0.39 is 5.60 Å². The van der Waals surface area contributed by atoms with Gasteiger partial charge in [-0.25, -0.2) is 0 Å². The molecule has 0 fully saturated rings. The van der Waals surface area contributed by atoms with Crippen LogP contribution in [0.3, 0.4) is 0 Å². The van der Waals surface area contributed by atoms with Crippen LogP contribution in [0, 0.1) is 5.92 Å². The largest absolute Gasteiger partial charge is 0.382 e. The monoisotopic (exact) mass is 236 g/mol. The summed E-state index contributed by atoms with van der Waals surface area (Å²) in [7, 11) is 2.02. The zero-order valence-electron chi connectivity index (χ0n) is 11.1. The van der Waals surface area contributed by atoms with Gasteiger partial charge in [-0.3, -0.25) is 0 Å². The molecule has 1 atom stereocenters. The molecule has 0 aliphatic carbocycles. The fourth-order valence-corrected chi connectivity index (χ4v) is 2.16. The van der Waals surface area contributed by atoms with Crippen LogP contribution in [0.1, 0.15) is 19.4 Å². The first-order valence-electron chi connectivity index (χ1n) is 6.14. The minimum absolute atomic E-state index is 0.236. The number of aliphatic hydroxyl groups is 1. The Morgan fingerprint density at radius 2 is 1.88 bits per heavy atom. The summed E-state index contributed by atoms with van der Waals surface area (Å²) in [6.45, 7) is 6.08. The summed E-state index contributed by atoms with van der Waals surface area (Å²) >= 11 is 0. The van der Waals surface area contributed by atoms with Gasteiger partial charge in [-0.05, 0) is 18.5 Å². The predicted molar refractivity (Wildman–Crippen MR) is 71.7 cm³/mol. The Labute approximate surface area is 104 Å². The second-order valence-corrected chi connectivity index (χ2v) is 5.19. The van der Waals surface area contributed by atoms with Gasteiger partial charge in [0.2, 0.25) is 0 Å². The van der Waals surface area contributed by atoms with E-state index in [1.165, 1.54) is 0 Å². The van der Waals surface area contributed by atoms with E-state index in [1.54, 1.807) is 0 Å². The molecule has 1 unspecified atom stereocenters. The third kappa shape index (κ3) is 4.11. The van der Waals surface area contributed by atoms with Gasteiger partial charge < -0.3 is 15.7 Å². The lowest BCUT2D eigenvalue weighted by Crippen LogP contribution is -2.45. The lowest BCUT2D eigenvalue weighted by molar-refractivity contribution is 0.0114. The number of benzene rings is 1. The van der Waals surface area contributed by atoms with Gasteiger partial charge in [-0.1, -0.05) is 44.2 Å². The molecule has 0 aliphatic heterocycles. The second-order valence-electron chi connectivity index (χ2n) is 5.19. The van der Waals surface area contributed by atoms with Crippen LogP contribution in [0.4, 0.5) is 0 Å². The molecule has 17 heavy (non-hydrogen) atoms. The van der Waals surface area contributed by atoms with Crippen LogP contribution in [-0.2, 0) is 5.60 Å². The van der Waals surface area contributed by atoms with Gasteiger partial charge in [-0.2, -0.15) is 0 Å². The van der Waals surface area contributed by atoms with Gasteiger partial charge in [0.1, 0.15) is 5.60 Å². The first kappa shape index (κ1) is 14.2. The number of hydrogen-bond acceptors (Lipinski definition) is 3. The van der Waals surface area contributed by atoms with Crippen molar-refractivity contribution in [3.63, 3.8) is 0 Å². The van der Waals surface area contributed by atoms with Crippen molar-refractivity contribution in [1.29, 1.82) is 0 Å². The van der Waals surface area contributed by atoms with E-state index in [0.29, 0.717) is 12.5 Å². The number of nitrogens with two attached hydrogens (primary N) is 1. The Hall–Kier alpha value is -0.900. The van der Waals surface area contributed by atoms with E-state index in [1.807, 2.05) is 37.4 Å². The second kappa shape index (κ2) is 6.15. The SMILES string of the molecule is CC(C)CN(C)CC(O)(CN)c1ccccc1. The van der Waals surface area contributed by atoms with Crippen LogP contribution in [0.25, 0.3) is 0 Å². The van der Waals surface area contributed by atoms with Gasteiger partial charge in [-0.15, -0.1) is 0 Å². The van der Waals surface area contributed by atoms with Gasteiger partial charge in [0, 0.05) is 19.6 Å². The molecule has 0 radical (unpaired) electrons. The van der Waals surface area contributed by atoms with Crippen LogP contribution < -0.4 is 5.73 Å². The molecular weight excluding hydrogens is 212 g/mol. The highest BCUT2D eigenvalue weighted by Crippen LogP contribution is 2.21. The summed E-state index contributed by atoms with van der Waals surface area (Å²) in [4.78, 5) is 2.13. The topological polar surface area (TPSA) is 49.5 Å². The molecule has 0 bridgehead atoms. The van der Waals surface area contributed by atoms with E-state index in [0.717, 1.165) is 12.1 Å². The molecule has 0 spiro atoms. The van der Waals surface area contributed by atoms with Crippen LogP contribution >= 0.6 is 0 Å². The van der Waals surface area contributed by atoms with E-state index in [4.69, 9.17) is 5.73 Å². The Balaban J connectivity index is 2.76. The molecule has 3 N–H and O–H groups in total. The summed E-state index contributed by atoms with van der Waals surface area (Å²) in [5.74, 6) is 0.581. The molecule has 1 aromatic carbocycles. The van der Waals surface area contributed by atoms with E-state index >= 15 is 0 Å². The van der Waals surface area contributed by atoms with Crippen molar-refractivity contribution in [1.82, 2.24) is 4.90 Å². The molecule has 1 rings (SSSR count). The minimum Gasteiger partial charge on any atom is -0.382 e. The first-order chi connectivity index (χ1) is 7.98. The van der Waals surface area contributed by atoms with Gasteiger partial charge in [0.05, 0.1) is 0 Å². The van der Waals surface area contributed by atoms with E-state index in [9.17, 15) is 5.11 Å². The summed E-state index contributed by atoms with van der Waals surface area (Å²) in [6, 6.07) is 9.65. The fraction of sp³-hybridized carbons (Fsp3) is 0.571. The Morgan fingerprint density at radius 1 is 1.29 bits per heavy atom. The summed E-state index contributed by atoms with van der Waals surface area (Å²) < 4.78 is 0. The van der Waals surface area contributed by atoms with Crippen LogP contribution in [-0.4, -0.2) is 36.7 Å². The van der Waals surface area contributed by atoms with Gasteiger partial charge in [0.25, 0.3) is 0 Å². The van der Waals surface area contributed by atoms with Crippen molar-refractivity contribution in [2.45, 2.75) is 19.4 Å². The fourth-order valence-electron chi connectivity index (χ4n) is 2.16. The van der Waals surface area contributed by atoms with Crippen molar-refractivity contribution in [3.05, 3.63) is 35.9 Å². The predicted octanol–water partition coefficient (Wildman–Crippen LogP) is 1.42. The van der Waals surface area contributed by atoms with E-state index in [2.05, 4.69) is 18.7 Å². The Bertz CT molecular complexity index is 326. The molecule has 96 valence electrons. The standard InChI is InChI=1S/C14H24N2O/c1-12(2)9-16(3)11-14(17,10-15)13-7-5-4-6-8-13/h4-8,12,17H,9-11,15H2,1-3H3. The van der Waals surface area contributed by atoms with Crippen molar-refractivity contribution in [3.8, 4) is 0 Å². The maximum atomic E-state index is 10.6. The van der Waals surface area contributed by atoms with E-state index in [-0.39, 0.29) is 6.54 Å². The molecule has 0 aliphatic rings. The third-order valence-corrected chi connectivity index (χ3v) is 2.86. The zero-order chi connectivity index (χ0) is 12.9.